The van der Waals surface area contributed by atoms with E-state index >= 15 is 0 Å². The van der Waals surface area contributed by atoms with Gasteiger partial charge in [-0.25, -0.2) is 8.42 Å². The van der Waals surface area contributed by atoms with Crippen LogP contribution >= 0.6 is 0 Å². The fourth-order valence-electron chi connectivity index (χ4n) is 2.05. The van der Waals surface area contributed by atoms with Gasteiger partial charge >= 0.3 is 0 Å². The zero-order chi connectivity index (χ0) is 13.2. The van der Waals surface area contributed by atoms with E-state index in [-0.39, 0.29) is 11.5 Å². The molecule has 0 amide bonds. The van der Waals surface area contributed by atoms with Crippen molar-refractivity contribution in [2.75, 3.05) is 35.2 Å². The maximum absolute atomic E-state index is 11.5. The SMILES string of the molecule is N#Cc1ccc(N2CCCS(=O)(=O)CC2)cc1N. The second-order valence-electron chi connectivity index (χ2n) is 4.38. The van der Waals surface area contributed by atoms with E-state index in [0.29, 0.717) is 30.8 Å². The summed E-state index contributed by atoms with van der Waals surface area (Å²) in [6.07, 6.45) is 0.627. The number of sulfone groups is 1. The molecule has 0 radical (unpaired) electrons. The van der Waals surface area contributed by atoms with Gasteiger partial charge < -0.3 is 10.6 Å². The third-order valence-electron chi connectivity index (χ3n) is 3.08. The number of hydrogen-bond acceptors (Lipinski definition) is 5. The van der Waals surface area contributed by atoms with Gasteiger partial charge in [0, 0.05) is 18.8 Å². The quantitative estimate of drug-likeness (QED) is 0.758. The number of nitriles is 1. The minimum absolute atomic E-state index is 0.174. The summed E-state index contributed by atoms with van der Waals surface area (Å²) in [5.41, 5.74) is 7.52. The van der Waals surface area contributed by atoms with Crippen molar-refractivity contribution in [3.05, 3.63) is 23.8 Å². The molecule has 0 unspecified atom stereocenters. The van der Waals surface area contributed by atoms with Crippen LogP contribution in [0.25, 0.3) is 0 Å². The normalized spacial score (nSPS) is 18.9. The zero-order valence-corrected chi connectivity index (χ0v) is 10.8. The first-order valence-corrected chi connectivity index (χ1v) is 7.59. The molecule has 0 saturated carbocycles. The Morgan fingerprint density at radius 3 is 2.72 bits per heavy atom. The molecule has 0 bridgehead atoms. The molecule has 2 N–H and O–H groups in total. The van der Waals surface area contributed by atoms with Gasteiger partial charge in [0.2, 0.25) is 0 Å². The molecule has 1 aliphatic heterocycles. The third-order valence-corrected chi connectivity index (χ3v) is 4.79. The van der Waals surface area contributed by atoms with Crippen LogP contribution in [0.1, 0.15) is 12.0 Å². The summed E-state index contributed by atoms with van der Waals surface area (Å²) in [6, 6.07) is 7.23. The van der Waals surface area contributed by atoms with E-state index in [1.54, 1.807) is 12.1 Å². The fourth-order valence-corrected chi connectivity index (χ4v) is 3.32. The first-order valence-electron chi connectivity index (χ1n) is 5.77. The van der Waals surface area contributed by atoms with Crippen molar-refractivity contribution in [1.29, 1.82) is 5.26 Å². The summed E-state index contributed by atoms with van der Waals surface area (Å²) in [7, 11) is -2.91. The monoisotopic (exact) mass is 265 g/mol. The highest BCUT2D eigenvalue weighted by Gasteiger charge is 2.19. The topological polar surface area (TPSA) is 87.2 Å². The third kappa shape index (κ3) is 2.74. The molecule has 2 rings (SSSR count). The average Bonchev–Trinajstić information content (AvgIpc) is 2.50. The first-order chi connectivity index (χ1) is 8.52. The maximum atomic E-state index is 11.5. The molecule has 5 nitrogen and oxygen atoms in total. The van der Waals surface area contributed by atoms with Crippen LogP contribution in [0, 0.1) is 11.3 Å². The van der Waals surface area contributed by atoms with Crippen molar-refractivity contribution in [3.8, 4) is 6.07 Å². The van der Waals surface area contributed by atoms with Crippen LogP contribution in [0.5, 0.6) is 0 Å². The Bertz CT molecular complexity index is 590. The van der Waals surface area contributed by atoms with Gasteiger partial charge in [-0.3, -0.25) is 0 Å². The minimum atomic E-state index is -2.91. The molecule has 1 heterocycles. The van der Waals surface area contributed by atoms with Crippen LogP contribution < -0.4 is 10.6 Å². The molecule has 0 aromatic heterocycles. The Labute approximate surface area is 107 Å². The Kier molecular flexibility index (Phi) is 3.43. The van der Waals surface area contributed by atoms with Crippen molar-refractivity contribution in [2.45, 2.75) is 6.42 Å². The molecule has 1 aliphatic rings. The summed E-state index contributed by atoms with van der Waals surface area (Å²) >= 11 is 0. The van der Waals surface area contributed by atoms with Crippen LogP contribution in [0.4, 0.5) is 11.4 Å². The summed E-state index contributed by atoms with van der Waals surface area (Å²) in [4.78, 5) is 2.00. The van der Waals surface area contributed by atoms with Gasteiger partial charge in [0.25, 0.3) is 0 Å². The van der Waals surface area contributed by atoms with Crippen LogP contribution in [-0.2, 0) is 9.84 Å². The second kappa shape index (κ2) is 4.86. The second-order valence-corrected chi connectivity index (χ2v) is 6.68. The number of benzene rings is 1. The van der Waals surface area contributed by atoms with Crippen LogP contribution in [0.2, 0.25) is 0 Å². The van der Waals surface area contributed by atoms with E-state index in [0.717, 1.165) is 5.69 Å². The van der Waals surface area contributed by atoms with E-state index in [1.165, 1.54) is 0 Å². The molecule has 1 saturated heterocycles. The fraction of sp³-hybridized carbons (Fsp3) is 0.417. The Morgan fingerprint density at radius 1 is 1.28 bits per heavy atom. The first kappa shape index (κ1) is 12.7. The van der Waals surface area contributed by atoms with Crippen LogP contribution in [0.3, 0.4) is 0 Å². The molecule has 0 spiro atoms. The van der Waals surface area contributed by atoms with Crippen molar-refractivity contribution >= 4 is 21.2 Å². The number of nitrogen functional groups attached to an aromatic ring is 1. The Hall–Kier alpha value is -1.74. The summed E-state index contributed by atoms with van der Waals surface area (Å²) in [5.74, 6) is 0.419. The van der Waals surface area contributed by atoms with Crippen molar-refractivity contribution in [2.24, 2.45) is 0 Å². The van der Waals surface area contributed by atoms with E-state index in [2.05, 4.69) is 0 Å². The lowest BCUT2D eigenvalue weighted by Gasteiger charge is -2.22. The summed E-state index contributed by atoms with van der Waals surface area (Å²) in [5, 5.41) is 8.81. The minimum Gasteiger partial charge on any atom is -0.398 e. The van der Waals surface area contributed by atoms with Gasteiger partial charge in [-0.15, -0.1) is 0 Å². The van der Waals surface area contributed by atoms with Gasteiger partial charge in [-0.2, -0.15) is 5.26 Å². The molecular formula is C12H15N3O2S. The van der Waals surface area contributed by atoms with Gasteiger partial charge in [0.15, 0.2) is 9.84 Å². The van der Waals surface area contributed by atoms with Gasteiger partial charge in [-0.1, -0.05) is 0 Å². The van der Waals surface area contributed by atoms with E-state index in [1.807, 2.05) is 17.0 Å². The van der Waals surface area contributed by atoms with E-state index in [9.17, 15) is 8.42 Å². The van der Waals surface area contributed by atoms with Crippen LogP contribution in [-0.4, -0.2) is 33.0 Å². The van der Waals surface area contributed by atoms with E-state index in [4.69, 9.17) is 11.0 Å². The average molecular weight is 265 g/mol. The van der Waals surface area contributed by atoms with Gasteiger partial charge in [-0.05, 0) is 24.6 Å². The molecule has 96 valence electrons. The summed E-state index contributed by atoms with van der Waals surface area (Å²) in [6.45, 7) is 1.18. The molecule has 6 heteroatoms. The highest BCUT2D eigenvalue weighted by Crippen LogP contribution is 2.22. The lowest BCUT2D eigenvalue weighted by atomic mass is 10.1. The predicted octanol–water partition coefficient (Wildman–Crippen LogP) is 0.765. The standard InChI is InChI=1S/C12H15N3O2S/c13-9-10-2-3-11(8-12(10)14)15-4-1-6-18(16,17)7-5-15/h2-3,8H,1,4-7,14H2. The largest absolute Gasteiger partial charge is 0.398 e. The van der Waals surface area contributed by atoms with Crippen molar-refractivity contribution in [1.82, 2.24) is 0 Å². The number of nitrogens with zero attached hydrogens (tertiary/aromatic N) is 2. The highest BCUT2D eigenvalue weighted by molar-refractivity contribution is 7.91. The molecule has 0 aliphatic carbocycles. The molecule has 18 heavy (non-hydrogen) atoms. The van der Waals surface area contributed by atoms with Crippen molar-refractivity contribution < 1.29 is 8.42 Å². The number of hydrogen-bond donors (Lipinski definition) is 1. The Balaban J connectivity index is 2.22. The molecule has 1 aromatic carbocycles. The molecule has 1 fully saturated rings. The Morgan fingerprint density at radius 2 is 2.06 bits per heavy atom. The van der Waals surface area contributed by atoms with E-state index < -0.39 is 9.84 Å². The van der Waals surface area contributed by atoms with Crippen LogP contribution in [0.15, 0.2) is 18.2 Å². The zero-order valence-electron chi connectivity index (χ0n) is 9.96. The summed E-state index contributed by atoms with van der Waals surface area (Å²) < 4.78 is 23.0. The van der Waals surface area contributed by atoms with Crippen molar-refractivity contribution in [3.63, 3.8) is 0 Å². The van der Waals surface area contributed by atoms with Gasteiger partial charge in [0.1, 0.15) is 6.07 Å². The number of anilines is 2. The molecule has 0 atom stereocenters. The predicted molar refractivity (Wildman–Crippen MR) is 71.1 cm³/mol. The number of rotatable bonds is 1. The smallest absolute Gasteiger partial charge is 0.152 e. The lowest BCUT2D eigenvalue weighted by molar-refractivity contribution is 0.597. The number of nitrogens with two attached hydrogens (primary N) is 1. The maximum Gasteiger partial charge on any atom is 0.152 e. The molecular weight excluding hydrogens is 250 g/mol. The van der Waals surface area contributed by atoms with Gasteiger partial charge in [0.05, 0.1) is 22.8 Å². The highest BCUT2D eigenvalue weighted by atomic mass is 32.2. The lowest BCUT2D eigenvalue weighted by Crippen LogP contribution is -2.26. The molecule has 1 aromatic rings.